The maximum Gasteiger partial charge on any atom is 0.137 e. The first-order valence-electron chi connectivity index (χ1n) is 6.75. The van der Waals surface area contributed by atoms with Gasteiger partial charge in [0.1, 0.15) is 5.78 Å². The Morgan fingerprint density at radius 1 is 1.21 bits per heavy atom. The molecule has 0 radical (unpaired) electrons. The third-order valence-corrected chi connectivity index (χ3v) is 4.29. The van der Waals surface area contributed by atoms with Crippen LogP contribution in [0.4, 0.5) is 0 Å². The van der Waals surface area contributed by atoms with Gasteiger partial charge in [0.25, 0.3) is 0 Å². The summed E-state index contributed by atoms with van der Waals surface area (Å²) >= 11 is 1.77. The summed E-state index contributed by atoms with van der Waals surface area (Å²) in [7, 11) is 0. The highest BCUT2D eigenvalue weighted by atomic mass is 32.1. The molecule has 2 heteroatoms. The molecule has 0 saturated heterocycles. The lowest BCUT2D eigenvalue weighted by Gasteiger charge is -2.06. The highest BCUT2D eigenvalue weighted by Crippen LogP contribution is 2.15. The number of thiophene rings is 1. The Hall–Kier alpha value is -1.41. The van der Waals surface area contributed by atoms with E-state index in [1.165, 1.54) is 21.6 Å². The van der Waals surface area contributed by atoms with Crippen LogP contribution in [0.3, 0.4) is 0 Å². The van der Waals surface area contributed by atoms with Crippen LogP contribution in [-0.2, 0) is 17.6 Å². The summed E-state index contributed by atoms with van der Waals surface area (Å²) < 4.78 is 0. The second-order valence-electron chi connectivity index (χ2n) is 5.08. The van der Waals surface area contributed by atoms with Gasteiger partial charge in [0.15, 0.2) is 0 Å². The van der Waals surface area contributed by atoms with Crippen LogP contribution in [0, 0.1) is 13.8 Å². The molecule has 100 valence electrons. The average molecular weight is 272 g/mol. The van der Waals surface area contributed by atoms with Crippen LogP contribution < -0.4 is 0 Å². The van der Waals surface area contributed by atoms with Crippen LogP contribution >= 0.6 is 11.3 Å². The standard InChI is InChI=1S/C17H20OS/c1-13-8-9-14(2)15(11-13)12-16(18)5-3-6-17-7-4-10-19-17/h4,7-11H,3,5-6,12H2,1-2H3. The fourth-order valence-electron chi connectivity index (χ4n) is 2.21. The van der Waals surface area contributed by atoms with Gasteiger partial charge in [-0.2, -0.15) is 0 Å². The molecule has 0 saturated carbocycles. The summed E-state index contributed by atoms with van der Waals surface area (Å²) in [6.07, 6.45) is 3.25. The molecule has 0 fully saturated rings. The average Bonchev–Trinajstić information content (AvgIpc) is 2.87. The quantitative estimate of drug-likeness (QED) is 0.756. The summed E-state index contributed by atoms with van der Waals surface area (Å²) in [5, 5.41) is 2.09. The van der Waals surface area contributed by atoms with Gasteiger partial charge in [-0.3, -0.25) is 4.79 Å². The molecule has 0 aliphatic rings. The third-order valence-electron chi connectivity index (χ3n) is 3.35. The van der Waals surface area contributed by atoms with Crippen LogP contribution in [0.5, 0.6) is 0 Å². The highest BCUT2D eigenvalue weighted by molar-refractivity contribution is 7.09. The molecule has 0 aliphatic carbocycles. The van der Waals surface area contributed by atoms with E-state index in [9.17, 15) is 4.79 Å². The Morgan fingerprint density at radius 3 is 2.79 bits per heavy atom. The number of rotatable bonds is 6. The molecule has 2 rings (SSSR count). The molecule has 19 heavy (non-hydrogen) atoms. The summed E-state index contributed by atoms with van der Waals surface area (Å²) in [5.41, 5.74) is 3.63. The number of ketones is 1. The van der Waals surface area contributed by atoms with Crippen LogP contribution in [0.1, 0.15) is 34.4 Å². The molecule has 0 bridgehead atoms. The lowest BCUT2D eigenvalue weighted by Crippen LogP contribution is -2.04. The van der Waals surface area contributed by atoms with Crippen molar-refractivity contribution in [3.05, 3.63) is 57.3 Å². The Bertz CT molecular complexity index is 540. The van der Waals surface area contributed by atoms with Gasteiger partial charge in [0.05, 0.1) is 0 Å². The lowest BCUT2D eigenvalue weighted by atomic mass is 9.99. The van der Waals surface area contributed by atoms with E-state index >= 15 is 0 Å². The van der Waals surface area contributed by atoms with Gasteiger partial charge in [-0.05, 0) is 49.3 Å². The van der Waals surface area contributed by atoms with Crippen molar-refractivity contribution in [3.8, 4) is 0 Å². The van der Waals surface area contributed by atoms with Gasteiger partial charge in [0.2, 0.25) is 0 Å². The van der Waals surface area contributed by atoms with Crippen molar-refractivity contribution in [2.24, 2.45) is 0 Å². The smallest absolute Gasteiger partial charge is 0.137 e. The van der Waals surface area contributed by atoms with Gasteiger partial charge < -0.3 is 0 Å². The second-order valence-corrected chi connectivity index (χ2v) is 6.11. The zero-order valence-electron chi connectivity index (χ0n) is 11.6. The van der Waals surface area contributed by atoms with E-state index in [4.69, 9.17) is 0 Å². The van der Waals surface area contributed by atoms with Gasteiger partial charge in [-0.15, -0.1) is 11.3 Å². The second kappa shape index (κ2) is 6.67. The minimum absolute atomic E-state index is 0.352. The molecule has 0 aliphatic heterocycles. The van der Waals surface area contributed by atoms with E-state index in [1.807, 2.05) is 0 Å². The van der Waals surface area contributed by atoms with Crippen molar-refractivity contribution in [1.82, 2.24) is 0 Å². The number of carbonyl (C=O) groups excluding carboxylic acids is 1. The molecule has 1 nitrogen and oxygen atoms in total. The summed E-state index contributed by atoms with van der Waals surface area (Å²) in [6, 6.07) is 10.5. The fourth-order valence-corrected chi connectivity index (χ4v) is 2.96. The fraction of sp³-hybridized carbons (Fsp3) is 0.353. The van der Waals surface area contributed by atoms with Crippen molar-refractivity contribution in [1.29, 1.82) is 0 Å². The molecule has 1 aromatic heterocycles. The molecule has 1 aromatic carbocycles. The summed E-state index contributed by atoms with van der Waals surface area (Å²) in [4.78, 5) is 13.4. The van der Waals surface area contributed by atoms with E-state index in [1.54, 1.807) is 11.3 Å². The van der Waals surface area contributed by atoms with Gasteiger partial charge in [-0.25, -0.2) is 0 Å². The van der Waals surface area contributed by atoms with Crippen LogP contribution in [0.2, 0.25) is 0 Å². The zero-order chi connectivity index (χ0) is 13.7. The number of hydrogen-bond donors (Lipinski definition) is 0. The number of benzene rings is 1. The van der Waals surface area contributed by atoms with Crippen molar-refractivity contribution in [2.75, 3.05) is 0 Å². The first-order chi connectivity index (χ1) is 9.15. The Kier molecular flexibility index (Phi) is 4.92. The maximum atomic E-state index is 12.0. The first kappa shape index (κ1) is 14.0. The van der Waals surface area contributed by atoms with Gasteiger partial charge in [-0.1, -0.05) is 29.8 Å². The number of Topliss-reactive ketones (excluding diaryl/α,β-unsaturated/α-hetero) is 1. The molecule has 0 amide bonds. The van der Waals surface area contributed by atoms with Crippen LogP contribution in [0.15, 0.2) is 35.7 Å². The predicted molar refractivity (Wildman–Crippen MR) is 81.9 cm³/mol. The van der Waals surface area contributed by atoms with E-state index in [-0.39, 0.29) is 0 Å². The third kappa shape index (κ3) is 4.32. The Balaban J connectivity index is 1.82. The molecule has 0 spiro atoms. The topological polar surface area (TPSA) is 17.1 Å². The first-order valence-corrected chi connectivity index (χ1v) is 7.63. The van der Waals surface area contributed by atoms with Crippen molar-refractivity contribution < 1.29 is 4.79 Å². The summed E-state index contributed by atoms with van der Waals surface area (Å²) in [5.74, 6) is 0.352. The molecule has 0 N–H and O–H groups in total. The van der Waals surface area contributed by atoms with E-state index < -0.39 is 0 Å². The van der Waals surface area contributed by atoms with E-state index in [2.05, 4.69) is 49.6 Å². The molecule has 2 aromatic rings. The molecule has 0 atom stereocenters. The SMILES string of the molecule is Cc1ccc(C)c(CC(=O)CCCc2cccs2)c1. The normalized spacial score (nSPS) is 10.6. The maximum absolute atomic E-state index is 12.0. The van der Waals surface area contributed by atoms with Gasteiger partial charge in [0, 0.05) is 17.7 Å². The molecule has 1 heterocycles. The number of hydrogen-bond acceptors (Lipinski definition) is 2. The van der Waals surface area contributed by atoms with Crippen molar-refractivity contribution in [3.63, 3.8) is 0 Å². The minimum atomic E-state index is 0.352. The molecular weight excluding hydrogens is 252 g/mol. The van der Waals surface area contributed by atoms with Crippen LogP contribution in [0.25, 0.3) is 0 Å². The van der Waals surface area contributed by atoms with Crippen molar-refractivity contribution in [2.45, 2.75) is 39.5 Å². The number of carbonyl (C=O) groups is 1. The Labute approximate surface area is 119 Å². The number of aryl methyl sites for hydroxylation is 3. The van der Waals surface area contributed by atoms with Crippen molar-refractivity contribution >= 4 is 17.1 Å². The molecule has 0 unspecified atom stereocenters. The van der Waals surface area contributed by atoms with Gasteiger partial charge >= 0.3 is 0 Å². The lowest BCUT2D eigenvalue weighted by molar-refractivity contribution is -0.118. The Morgan fingerprint density at radius 2 is 2.05 bits per heavy atom. The largest absolute Gasteiger partial charge is 0.299 e. The highest BCUT2D eigenvalue weighted by Gasteiger charge is 2.07. The van der Waals surface area contributed by atoms with Crippen LogP contribution in [-0.4, -0.2) is 5.78 Å². The van der Waals surface area contributed by atoms with E-state index in [0.717, 1.165) is 12.8 Å². The summed E-state index contributed by atoms with van der Waals surface area (Å²) in [6.45, 7) is 4.15. The zero-order valence-corrected chi connectivity index (χ0v) is 12.4. The predicted octanol–water partition coefficient (Wildman–Crippen LogP) is 4.50. The monoisotopic (exact) mass is 272 g/mol. The van der Waals surface area contributed by atoms with E-state index in [0.29, 0.717) is 18.6 Å². The minimum Gasteiger partial charge on any atom is -0.299 e. The molecular formula is C17H20OS.